The molecule has 0 N–H and O–H groups in total. The van der Waals surface area contributed by atoms with E-state index in [4.69, 9.17) is 0 Å². The number of aromatic nitrogens is 1. The number of hydrogen-bond acceptors (Lipinski definition) is 6. The smallest absolute Gasteiger partial charge is 0.280 e. The molecule has 0 unspecified atom stereocenters. The third-order valence-corrected chi connectivity index (χ3v) is 5.73. The Bertz CT molecular complexity index is 1220. The first kappa shape index (κ1) is 22.0. The molecule has 0 bridgehead atoms. The van der Waals surface area contributed by atoms with Gasteiger partial charge in [0.15, 0.2) is 4.80 Å². The molecule has 1 heterocycles. The molecule has 0 aliphatic rings. The topological polar surface area (TPSA) is 121 Å². The van der Waals surface area contributed by atoms with E-state index in [1.54, 1.807) is 16.7 Å². The molecule has 1 amide bonds. The molecule has 0 atom stereocenters. The van der Waals surface area contributed by atoms with Crippen LogP contribution >= 0.6 is 11.3 Å². The van der Waals surface area contributed by atoms with E-state index in [0.717, 1.165) is 34.3 Å². The zero-order valence-electron chi connectivity index (χ0n) is 16.6. The summed E-state index contributed by atoms with van der Waals surface area (Å²) in [5.74, 6) is -1.20. The van der Waals surface area contributed by atoms with Gasteiger partial charge in [0, 0.05) is 23.6 Å². The average molecular weight is 444 g/mol. The van der Waals surface area contributed by atoms with Crippen molar-refractivity contribution in [1.82, 2.24) is 4.57 Å². The second kappa shape index (κ2) is 8.96. The zero-order valence-corrected chi connectivity index (χ0v) is 17.4. The third-order valence-electron chi connectivity index (χ3n) is 4.50. The average Bonchev–Trinajstić information content (AvgIpc) is 3.10. The summed E-state index contributed by atoms with van der Waals surface area (Å²) in [5, 5.41) is 22.2. The first-order chi connectivity index (χ1) is 14.7. The van der Waals surface area contributed by atoms with Gasteiger partial charge in [-0.15, -0.1) is 11.3 Å². The molecular formula is C20H17FN4O5S. The molecule has 9 nitrogen and oxygen atoms in total. The molecule has 0 aliphatic carbocycles. The fraction of sp³-hybridized carbons (Fsp3) is 0.200. The SMILES string of the molecule is CCc1sc(=NC(=O)c2cc([N+](=O)[O-])cc([N+](=O)[O-])c2)n(CC)c1-c1ccc(F)cc1. The number of halogens is 1. The Hall–Kier alpha value is -3.73. The highest BCUT2D eigenvalue weighted by molar-refractivity contribution is 7.09. The Labute approximate surface area is 179 Å². The first-order valence-corrected chi connectivity index (χ1v) is 10.1. The number of non-ortho nitro benzene ring substituents is 2. The Morgan fingerprint density at radius 2 is 1.65 bits per heavy atom. The van der Waals surface area contributed by atoms with Gasteiger partial charge in [-0.1, -0.05) is 6.92 Å². The van der Waals surface area contributed by atoms with Gasteiger partial charge in [0.1, 0.15) is 5.82 Å². The number of nitrogens with zero attached hydrogens (tertiary/aromatic N) is 4. The maximum atomic E-state index is 13.3. The number of carbonyl (C=O) groups is 1. The minimum atomic E-state index is -0.830. The van der Waals surface area contributed by atoms with E-state index < -0.39 is 27.1 Å². The molecule has 0 saturated carbocycles. The van der Waals surface area contributed by atoms with Crippen LogP contribution < -0.4 is 4.80 Å². The number of aryl methyl sites for hydroxylation is 1. The molecule has 0 spiro atoms. The fourth-order valence-electron chi connectivity index (χ4n) is 3.08. The molecule has 0 saturated heterocycles. The van der Waals surface area contributed by atoms with E-state index >= 15 is 0 Å². The monoisotopic (exact) mass is 444 g/mol. The van der Waals surface area contributed by atoms with Gasteiger partial charge in [0.05, 0.1) is 27.2 Å². The van der Waals surface area contributed by atoms with E-state index in [9.17, 15) is 29.4 Å². The fourth-order valence-corrected chi connectivity index (χ4v) is 4.23. The van der Waals surface area contributed by atoms with Crippen molar-refractivity contribution in [3.05, 3.63) is 83.8 Å². The second-order valence-electron chi connectivity index (χ2n) is 6.43. The van der Waals surface area contributed by atoms with E-state index in [2.05, 4.69) is 4.99 Å². The highest BCUT2D eigenvalue weighted by Gasteiger charge is 2.21. The van der Waals surface area contributed by atoms with Crippen LogP contribution in [0.2, 0.25) is 0 Å². The summed E-state index contributed by atoms with van der Waals surface area (Å²) in [6, 6.07) is 8.67. The number of benzene rings is 2. The van der Waals surface area contributed by atoms with Crippen molar-refractivity contribution < 1.29 is 19.0 Å². The molecule has 0 radical (unpaired) electrons. The predicted molar refractivity (Wildman–Crippen MR) is 112 cm³/mol. The van der Waals surface area contributed by atoms with Gasteiger partial charge >= 0.3 is 0 Å². The maximum absolute atomic E-state index is 13.3. The highest BCUT2D eigenvalue weighted by atomic mass is 32.1. The number of thiazole rings is 1. The molecular weight excluding hydrogens is 427 g/mol. The highest BCUT2D eigenvalue weighted by Crippen LogP contribution is 2.27. The molecule has 11 heteroatoms. The van der Waals surface area contributed by atoms with E-state index in [-0.39, 0.29) is 11.4 Å². The number of amides is 1. The first-order valence-electron chi connectivity index (χ1n) is 9.26. The number of hydrogen-bond donors (Lipinski definition) is 0. The lowest BCUT2D eigenvalue weighted by molar-refractivity contribution is -0.394. The van der Waals surface area contributed by atoms with Crippen molar-refractivity contribution >= 4 is 28.6 Å². The molecule has 3 aromatic rings. The van der Waals surface area contributed by atoms with Gasteiger partial charge in [-0.2, -0.15) is 4.99 Å². The number of nitro benzene ring substituents is 2. The minimum absolute atomic E-state index is 0.252. The van der Waals surface area contributed by atoms with Crippen LogP contribution in [0.5, 0.6) is 0 Å². The lowest BCUT2D eigenvalue weighted by atomic mass is 10.1. The summed E-state index contributed by atoms with van der Waals surface area (Å²) >= 11 is 1.27. The van der Waals surface area contributed by atoms with Gasteiger partial charge in [-0.25, -0.2) is 4.39 Å². The van der Waals surface area contributed by atoms with Crippen LogP contribution in [0.25, 0.3) is 11.3 Å². The molecule has 31 heavy (non-hydrogen) atoms. The molecule has 2 aromatic carbocycles. The van der Waals surface area contributed by atoms with Crippen LogP contribution in [0.3, 0.4) is 0 Å². The number of carbonyl (C=O) groups excluding carboxylic acids is 1. The second-order valence-corrected chi connectivity index (χ2v) is 7.49. The molecule has 3 rings (SSSR count). The summed E-state index contributed by atoms with van der Waals surface area (Å²) in [7, 11) is 0. The van der Waals surface area contributed by atoms with Gasteiger partial charge in [0.2, 0.25) is 0 Å². The lowest BCUT2D eigenvalue weighted by Gasteiger charge is -2.08. The van der Waals surface area contributed by atoms with Crippen molar-refractivity contribution in [3.8, 4) is 11.3 Å². The van der Waals surface area contributed by atoms with Crippen LogP contribution in [0.4, 0.5) is 15.8 Å². The Morgan fingerprint density at radius 1 is 1.06 bits per heavy atom. The van der Waals surface area contributed by atoms with Gasteiger partial charge in [0.25, 0.3) is 17.3 Å². The Balaban J connectivity index is 2.16. The van der Waals surface area contributed by atoms with E-state index in [0.29, 0.717) is 17.8 Å². The standard InChI is InChI=1S/C20H17FN4O5S/c1-3-17-18(12-5-7-14(21)8-6-12)23(4-2)20(31-17)22-19(26)13-9-15(24(27)28)11-16(10-13)25(29)30/h5-11H,3-4H2,1-2H3. The summed E-state index contributed by atoms with van der Waals surface area (Å²) in [4.78, 5) is 38.7. The lowest BCUT2D eigenvalue weighted by Crippen LogP contribution is -2.17. The normalized spacial score (nSPS) is 11.5. The van der Waals surface area contributed by atoms with Crippen LogP contribution in [-0.2, 0) is 13.0 Å². The number of nitro groups is 2. The number of rotatable bonds is 6. The Kier molecular flexibility index (Phi) is 6.35. The van der Waals surface area contributed by atoms with Crippen LogP contribution in [0.15, 0.2) is 47.5 Å². The van der Waals surface area contributed by atoms with Crippen molar-refractivity contribution in [2.75, 3.05) is 0 Å². The van der Waals surface area contributed by atoms with Crippen molar-refractivity contribution in [2.45, 2.75) is 26.8 Å². The van der Waals surface area contributed by atoms with Crippen LogP contribution in [0.1, 0.15) is 29.1 Å². The largest absolute Gasteiger partial charge is 0.316 e. The maximum Gasteiger partial charge on any atom is 0.280 e. The molecule has 0 fully saturated rings. The summed E-state index contributed by atoms with van der Waals surface area (Å²) in [6.07, 6.45) is 0.642. The van der Waals surface area contributed by atoms with E-state index in [1.807, 2.05) is 13.8 Å². The molecule has 160 valence electrons. The van der Waals surface area contributed by atoms with Crippen molar-refractivity contribution in [3.63, 3.8) is 0 Å². The zero-order chi connectivity index (χ0) is 22.7. The third kappa shape index (κ3) is 4.56. The molecule has 1 aromatic heterocycles. The summed E-state index contributed by atoms with van der Waals surface area (Å²) in [5.41, 5.74) is 0.174. The van der Waals surface area contributed by atoms with Gasteiger partial charge in [-0.05, 0) is 43.2 Å². The van der Waals surface area contributed by atoms with Crippen molar-refractivity contribution in [2.24, 2.45) is 4.99 Å². The minimum Gasteiger partial charge on any atom is -0.316 e. The van der Waals surface area contributed by atoms with Gasteiger partial charge < -0.3 is 4.57 Å². The van der Waals surface area contributed by atoms with E-state index in [1.165, 1.54) is 23.5 Å². The van der Waals surface area contributed by atoms with Crippen molar-refractivity contribution in [1.29, 1.82) is 0 Å². The van der Waals surface area contributed by atoms with Crippen LogP contribution in [-0.4, -0.2) is 20.3 Å². The Morgan fingerprint density at radius 3 is 2.13 bits per heavy atom. The summed E-state index contributed by atoms with van der Waals surface area (Å²) < 4.78 is 15.1. The quantitative estimate of drug-likeness (QED) is 0.409. The summed E-state index contributed by atoms with van der Waals surface area (Å²) in [6.45, 7) is 4.26. The van der Waals surface area contributed by atoms with Gasteiger partial charge in [-0.3, -0.25) is 25.0 Å². The predicted octanol–water partition coefficient (Wildman–Crippen LogP) is 4.50. The molecule has 0 aliphatic heterocycles. The van der Waals surface area contributed by atoms with Crippen LogP contribution in [0, 0.1) is 26.0 Å².